The molecule has 190 valence electrons. The van der Waals surface area contributed by atoms with Gasteiger partial charge in [-0.05, 0) is 62.7 Å². The number of hydrogen-bond donors (Lipinski definition) is 4. The van der Waals surface area contributed by atoms with Crippen molar-refractivity contribution in [2.75, 3.05) is 13.7 Å². The Morgan fingerprint density at radius 2 is 1.69 bits per heavy atom. The van der Waals surface area contributed by atoms with Crippen LogP contribution < -0.4 is 15.6 Å². The third kappa shape index (κ3) is 5.66. The van der Waals surface area contributed by atoms with E-state index >= 15 is 0 Å². The number of carboxylic acids is 2. The van der Waals surface area contributed by atoms with E-state index in [1.54, 1.807) is 11.8 Å². The van der Waals surface area contributed by atoms with Crippen LogP contribution in [0, 0.1) is 13.8 Å². The van der Waals surface area contributed by atoms with Crippen molar-refractivity contribution in [2.24, 2.45) is 7.05 Å². The summed E-state index contributed by atoms with van der Waals surface area (Å²) < 4.78 is 9.02. The van der Waals surface area contributed by atoms with E-state index in [4.69, 9.17) is 24.5 Å². The predicted molar refractivity (Wildman–Crippen MR) is 136 cm³/mol. The molecule has 0 aliphatic heterocycles. The zero-order chi connectivity index (χ0) is 26.4. The Bertz CT molecular complexity index is 1420. The van der Waals surface area contributed by atoms with Gasteiger partial charge >= 0.3 is 11.9 Å². The zero-order valence-corrected chi connectivity index (χ0v) is 20.7. The van der Waals surface area contributed by atoms with Crippen molar-refractivity contribution in [1.29, 1.82) is 0 Å². The molecule has 0 bridgehead atoms. The van der Waals surface area contributed by atoms with Gasteiger partial charge in [-0.3, -0.25) is 9.48 Å². The smallest absolute Gasteiger partial charge is 0.414 e. The summed E-state index contributed by atoms with van der Waals surface area (Å²) in [7, 11) is 3.61. The monoisotopic (exact) mass is 494 g/mol. The maximum Gasteiger partial charge on any atom is 0.414 e. The highest BCUT2D eigenvalue weighted by atomic mass is 16.5. The number of carboxylic acid groups (broad SMARTS) is 2. The van der Waals surface area contributed by atoms with Crippen LogP contribution in [0.3, 0.4) is 0 Å². The summed E-state index contributed by atoms with van der Waals surface area (Å²) in [4.78, 5) is 34.7. The lowest BCUT2D eigenvalue weighted by Gasteiger charge is -2.07. The second kappa shape index (κ2) is 11.4. The van der Waals surface area contributed by atoms with Crippen LogP contribution in [0.15, 0.2) is 53.3 Å². The van der Waals surface area contributed by atoms with Crippen LogP contribution in [-0.2, 0) is 29.6 Å². The second-order valence-corrected chi connectivity index (χ2v) is 8.22. The summed E-state index contributed by atoms with van der Waals surface area (Å²) in [5.41, 5.74) is 6.26. The summed E-state index contributed by atoms with van der Waals surface area (Å²) in [6.45, 7) is 5.42. The Kier molecular flexibility index (Phi) is 8.34. The number of benzene rings is 2. The molecule has 10 nitrogen and oxygen atoms in total. The van der Waals surface area contributed by atoms with Crippen LogP contribution in [0.1, 0.15) is 22.5 Å². The first kappa shape index (κ1) is 26.3. The van der Waals surface area contributed by atoms with E-state index < -0.39 is 11.9 Å². The fourth-order valence-electron chi connectivity index (χ4n) is 4.06. The van der Waals surface area contributed by atoms with Crippen LogP contribution in [-0.4, -0.2) is 50.2 Å². The van der Waals surface area contributed by atoms with Gasteiger partial charge < -0.3 is 25.3 Å². The molecule has 0 saturated heterocycles. The molecule has 0 spiro atoms. The van der Waals surface area contributed by atoms with Crippen molar-refractivity contribution in [2.45, 2.75) is 26.8 Å². The minimum absolute atomic E-state index is 0.0294. The van der Waals surface area contributed by atoms with Crippen LogP contribution >= 0.6 is 0 Å². The first-order valence-corrected chi connectivity index (χ1v) is 11.3. The minimum atomic E-state index is -1.82. The van der Waals surface area contributed by atoms with E-state index in [1.165, 1.54) is 16.6 Å². The fourth-order valence-corrected chi connectivity index (χ4v) is 4.06. The van der Waals surface area contributed by atoms with E-state index in [0.717, 1.165) is 41.2 Å². The summed E-state index contributed by atoms with van der Waals surface area (Å²) in [6, 6.07) is 15.8. The zero-order valence-electron chi connectivity index (χ0n) is 20.7. The molecule has 36 heavy (non-hydrogen) atoms. The summed E-state index contributed by atoms with van der Waals surface area (Å²) in [6.07, 6.45) is 0.873. The highest BCUT2D eigenvalue weighted by molar-refractivity contribution is 6.27. The molecule has 2 aromatic carbocycles. The quantitative estimate of drug-likeness (QED) is 0.229. The van der Waals surface area contributed by atoms with Crippen molar-refractivity contribution in [3.8, 4) is 11.4 Å². The Morgan fingerprint density at radius 1 is 1.03 bits per heavy atom. The molecule has 0 radical (unpaired) electrons. The minimum Gasteiger partial charge on any atom is -0.497 e. The third-order valence-electron chi connectivity index (χ3n) is 6.04. The fraction of sp³-hybridized carbons (Fsp3) is 0.269. The van der Waals surface area contributed by atoms with Gasteiger partial charge in [-0.15, -0.1) is 0 Å². The van der Waals surface area contributed by atoms with E-state index in [2.05, 4.69) is 29.4 Å². The van der Waals surface area contributed by atoms with Gasteiger partial charge in [0.1, 0.15) is 5.75 Å². The molecule has 0 unspecified atom stereocenters. The summed E-state index contributed by atoms with van der Waals surface area (Å²) >= 11 is 0. The highest BCUT2D eigenvalue weighted by Crippen LogP contribution is 2.26. The molecule has 10 heteroatoms. The molecule has 0 saturated carbocycles. The normalized spacial score (nSPS) is 10.7. The highest BCUT2D eigenvalue weighted by Gasteiger charge is 2.16. The second-order valence-electron chi connectivity index (χ2n) is 8.22. The topological polar surface area (TPSA) is 139 Å². The van der Waals surface area contributed by atoms with Gasteiger partial charge in [-0.2, -0.15) is 0 Å². The van der Waals surface area contributed by atoms with E-state index in [9.17, 15) is 4.79 Å². The molecular formula is C26H30N4O6. The van der Waals surface area contributed by atoms with Gasteiger partial charge in [0.25, 0.3) is 5.56 Å². The van der Waals surface area contributed by atoms with Crippen LogP contribution in [0.2, 0.25) is 0 Å². The molecule has 0 fully saturated rings. The number of nitrogens with one attached hydrogen (secondary N) is 2. The summed E-state index contributed by atoms with van der Waals surface area (Å²) in [5, 5.41) is 19.4. The third-order valence-corrected chi connectivity index (χ3v) is 6.04. The van der Waals surface area contributed by atoms with Crippen molar-refractivity contribution in [3.05, 3.63) is 81.4 Å². The Hall–Kier alpha value is -4.31. The largest absolute Gasteiger partial charge is 0.497 e. The van der Waals surface area contributed by atoms with Crippen molar-refractivity contribution < 1.29 is 24.5 Å². The van der Waals surface area contributed by atoms with Crippen molar-refractivity contribution in [3.63, 3.8) is 0 Å². The molecule has 4 rings (SSSR count). The van der Waals surface area contributed by atoms with E-state index in [1.807, 2.05) is 55.1 Å². The van der Waals surface area contributed by atoms with Crippen LogP contribution in [0.4, 0.5) is 0 Å². The standard InChI is InChI=1S/C24H28N4O2.C2H2O4/c1-16-20(21-14-19(30-4)10-11-23(21)26-16)12-13-25-15-22-17(2)27(3)28(24(22)29)18-8-6-5-7-9-18;3-1(4)2(5)6/h5-11,14,25-26H,12-13,15H2,1-4H3;(H,3,4)(H,5,6). The number of nitrogens with zero attached hydrogens (tertiary/aromatic N) is 2. The van der Waals surface area contributed by atoms with Crippen molar-refractivity contribution >= 4 is 22.8 Å². The number of fused-ring (bicyclic) bond motifs is 1. The Labute approximate surface area is 207 Å². The lowest BCUT2D eigenvalue weighted by molar-refractivity contribution is -0.159. The maximum absolute atomic E-state index is 13.0. The Balaban J connectivity index is 0.000000538. The molecule has 2 aromatic heterocycles. The first-order valence-electron chi connectivity index (χ1n) is 11.3. The molecule has 0 atom stereocenters. The van der Waals surface area contributed by atoms with Gasteiger partial charge in [0.2, 0.25) is 0 Å². The number of carbonyl (C=O) groups is 2. The van der Waals surface area contributed by atoms with Crippen molar-refractivity contribution in [1.82, 2.24) is 19.7 Å². The lowest BCUT2D eigenvalue weighted by atomic mass is 10.1. The number of aromatic amines is 1. The van der Waals surface area contributed by atoms with E-state index in [-0.39, 0.29) is 5.56 Å². The Morgan fingerprint density at radius 3 is 2.31 bits per heavy atom. The SMILES string of the molecule is COc1ccc2[nH]c(C)c(CCNCc3c(C)n(C)n(-c4ccccc4)c3=O)c2c1.O=C(O)C(=O)O. The predicted octanol–water partition coefficient (Wildman–Crippen LogP) is 2.77. The van der Waals surface area contributed by atoms with Gasteiger partial charge in [-0.25, -0.2) is 14.3 Å². The molecule has 4 aromatic rings. The number of aromatic nitrogens is 3. The van der Waals surface area contributed by atoms with Crippen LogP contribution in [0.25, 0.3) is 16.6 Å². The number of hydrogen-bond acceptors (Lipinski definition) is 5. The molecule has 0 amide bonds. The number of para-hydroxylation sites is 1. The average Bonchev–Trinajstić information content (AvgIpc) is 3.28. The molecule has 2 heterocycles. The van der Waals surface area contributed by atoms with Crippen LogP contribution in [0.5, 0.6) is 5.75 Å². The molecule has 0 aliphatic rings. The van der Waals surface area contributed by atoms with E-state index in [0.29, 0.717) is 6.54 Å². The van der Waals surface area contributed by atoms with Gasteiger partial charge in [0.15, 0.2) is 0 Å². The van der Waals surface area contributed by atoms with Gasteiger partial charge in [-0.1, -0.05) is 18.2 Å². The summed E-state index contributed by atoms with van der Waals surface area (Å²) in [5.74, 6) is -2.79. The number of ether oxygens (including phenoxy) is 1. The molecular weight excluding hydrogens is 464 g/mol. The lowest BCUT2D eigenvalue weighted by Crippen LogP contribution is -2.24. The number of methoxy groups -OCH3 is 1. The number of H-pyrrole nitrogens is 1. The number of aryl methyl sites for hydroxylation is 1. The molecule has 0 aliphatic carbocycles. The maximum atomic E-state index is 13.0. The first-order chi connectivity index (χ1) is 17.1. The average molecular weight is 495 g/mol. The molecule has 4 N–H and O–H groups in total. The van der Waals surface area contributed by atoms with Gasteiger partial charge in [0, 0.05) is 35.9 Å². The number of rotatable bonds is 7. The van der Waals surface area contributed by atoms with Gasteiger partial charge in [0.05, 0.1) is 18.4 Å². The number of aliphatic carboxylic acids is 2.